The van der Waals surface area contributed by atoms with Crippen LogP contribution in [0.5, 0.6) is 0 Å². The molecule has 3 rings (SSSR count). The minimum Gasteiger partial charge on any atom is -0.330 e. The van der Waals surface area contributed by atoms with Crippen molar-refractivity contribution >= 4 is 0 Å². The number of rotatable bonds is 1. The zero-order valence-corrected chi connectivity index (χ0v) is 9.89. The van der Waals surface area contributed by atoms with Gasteiger partial charge in [0.15, 0.2) is 0 Å². The third-order valence-electron chi connectivity index (χ3n) is 3.76. The summed E-state index contributed by atoms with van der Waals surface area (Å²) in [5.41, 5.74) is 11.8. The zero-order valence-electron chi connectivity index (χ0n) is 9.89. The molecule has 0 heterocycles. The van der Waals surface area contributed by atoms with Crippen LogP contribution in [0.2, 0.25) is 0 Å². The number of hydrogen-bond donors (Lipinski definition) is 1. The highest BCUT2D eigenvalue weighted by Gasteiger charge is 2.21. The molecule has 86 valence electrons. The first-order valence-corrected chi connectivity index (χ1v) is 6.26. The van der Waals surface area contributed by atoms with Crippen LogP contribution in [0.15, 0.2) is 48.5 Å². The largest absolute Gasteiger partial charge is 0.330 e. The van der Waals surface area contributed by atoms with E-state index in [0.717, 1.165) is 12.8 Å². The summed E-state index contributed by atoms with van der Waals surface area (Å²) in [4.78, 5) is 0. The number of fused-ring (bicyclic) bond motifs is 2. The van der Waals surface area contributed by atoms with Gasteiger partial charge >= 0.3 is 0 Å². The highest BCUT2D eigenvalue weighted by molar-refractivity contribution is 5.45. The molecule has 2 aromatic rings. The molecule has 0 unspecified atom stereocenters. The summed E-state index contributed by atoms with van der Waals surface area (Å²) >= 11 is 0. The summed E-state index contributed by atoms with van der Waals surface area (Å²) in [5.74, 6) is 0.366. The average molecular weight is 225 g/mol. The molecule has 0 saturated carbocycles. The summed E-state index contributed by atoms with van der Waals surface area (Å²) in [6.45, 7) is 0.689. The van der Waals surface area contributed by atoms with E-state index >= 15 is 0 Å². The lowest BCUT2D eigenvalue weighted by molar-refractivity contribution is 0.813. The lowest BCUT2D eigenvalue weighted by atomic mass is 9.95. The standard InChI is InChI=1S/C16H17N/c17-11-16-14-7-3-1-5-12(14)9-10-13-6-2-4-8-15(13)16/h1-8,16H,9-11,17H2/i11+2. The molecule has 1 nitrogen and oxygen atoms in total. The van der Waals surface area contributed by atoms with E-state index in [1.165, 1.54) is 22.3 Å². The second-order valence-corrected chi connectivity index (χ2v) is 4.69. The molecular formula is C16H17N. The Morgan fingerprint density at radius 1 is 0.824 bits per heavy atom. The average Bonchev–Trinajstić information content (AvgIpc) is 2.55. The maximum atomic E-state index is 6.00. The summed E-state index contributed by atoms with van der Waals surface area (Å²) in [5, 5.41) is 0. The topological polar surface area (TPSA) is 26.0 Å². The zero-order chi connectivity index (χ0) is 11.7. The van der Waals surface area contributed by atoms with Crippen molar-refractivity contribution in [3.63, 3.8) is 0 Å². The fraction of sp³-hybridized carbons (Fsp3) is 0.250. The molecule has 2 aromatic carbocycles. The molecule has 0 aromatic heterocycles. The Balaban J connectivity index is 2.19. The molecular weight excluding hydrogens is 208 g/mol. The van der Waals surface area contributed by atoms with Crippen LogP contribution in [-0.2, 0) is 12.8 Å². The van der Waals surface area contributed by atoms with E-state index in [1.807, 2.05) is 0 Å². The van der Waals surface area contributed by atoms with Gasteiger partial charge in [-0.15, -0.1) is 0 Å². The van der Waals surface area contributed by atoms with Crippen molar-refractivity contribution in [3.8, 4) is 0 Å². The normalized spacial score (nSPS) is 14.9. The van der Waals surface area contributed by atoms with Crippen LogP contribution in [0, 0.1) is 0 Å². The van der Waals surface area contributed by atoms with Crippen molar-refractivity contribution in [2.75, 3.05) is 6.54 Å². The monoisotopic (exact) mass is 225 g/mol. The van der Waals surface area contributed by atoms with Crippen molar-refractivity contribution in [3.05, 3.63) is 70.8 Å². The van der Waals surface area contributed by atoms with Gasteiger partial charge in [0.2, 0.25) is 0 Å². The Labute approximate surface area is 102 Å². The molecule has 1 aliphatic carbocycles. The quantitative estimate of drug-likeness (QED) is 0.793. The van der Waals surface area contributed by atoms with Crippen LogP contribution in [0.25, 0.3) is 0 Å². The highest BCUT2D eigenvalue weighted by atomic mass is 15.2. The van der Waals surface area contributed by atoms with E-state index in [4.69, 9.17) is 5.73 Å². The highest BCUT2D eigenvalue weighted by Crippen LogP contribution is 2.33. The SMILES string of the molecule is N[14CH2]C1c2ccccc2CCc2ccccc21. The van der Waals surface area contributed by atoms with Crippen LogP contribution in [0.3, 0.4) is 0 Å². The second kappa shape index (κ2) is 4.34. The predicted molar refractivity (Wildman–Crippen MR) is 71.2 cm³/mol. The van der Waals surface area contributed by atoms with Crippen LogP contribution >= 0.6 is 0 Å². The van der Waals surface area contributed by atoms with E-state index in [0.29, 0.717) is 12.5 Å². The molecule has 17 heavy (non-hydrogen) atoms. The first-order valence-electron chi connectivity index (χ1n) is 6.26. The third kappa shape index (κ3) is 1.77. The van der Waals surface area contributed by atoms with Gasteiger partial charge in [-0.05, 0) is 35.1 Å². The maximum Gasteiger partial charge on any atom is 0.0217 e. The molecule has 0 saturated heterocycles. The van der Waals surface area contributed by atoms with Crippen molar-refractivity contribution < 1.29 is 0 Å². The Morgan fingerprint density at radius 2 is 1.29 bits per heavy atom. The summed E-state index contributed by atoms with van der Waals surface area (Å²) < 4.78 is 0. The minimum atomic E-state index is 0.366. The summed E-state index contributed by atoms with van der Waals surface area (Å²) in [6.07, 6.45) is 2.26. The van der Waals surface area contributed by atoms with E-state index in [-0.39, 0.29) is 0 Å². The Kier molecular flexibility index (Phi) is 2.69. The van der Waals surface area contributed by atoms with Crippen molar-refractivity contribution in [2.45, 2.75) is 18.8 Å². The molecule has 1 heteroatoms. The molecule has 0 bridgehead atoms. The Hall–Kier alpha value is -1.60. The molecule has 0 fully saturated rings. The lowest BCUT2D eigenvalue weighted by Gasteiger charge is -2.18. The van der Waals surface area contributed by atoms with E-state index < -0.39 is 0 Å². The third-order valence-corrected chi connectivity index (χ3v) is 3.76. The smallest absolute Gasteiger partial charge is 0.0217 e. The van der Waals surface area contributed by atoms with Gasteiger partial charge in [-0.2, -0.15) is 0 Å². The lowest BCUT2D eigenvalue weighted by Crippen LogP contribution is -2.15. The van der Waals surface area contributed by atoms with E-state index in [1.54, 1.807) is 0 Å². The van der Waals surface area contributed by atoms with E-state index in [2.05, 4.69) is 48.5 Å². The van der Waals surface area contributed by atoms with Gasteiger partial charge in [-0.3, -0.25) is 0 Å². The molecule has 0 spiro atoms. The summed E-state index contributed by atoms with van der Waals surface area (Å²) in [6, 6.07) is 17.4. The van der Waals surface area contributed by atoms with E-state index in [9.17, 15) is 0 Å². The number of hydrogen-bond acceptors (Lipinski definition) is 1. The molecule has 0 radical (unpaired) electrons. The first-order chi connectivity index (χ1) is 8.40. The molecule has 0 amide bonds. The molecule has 0 atom stereocenters. The van der Waals surface area contributed by atoms with Crippen LogP contribution in [0.1, 0.15) is 28.2 Å². The van der Waals surface area contributed by atoms with Gasteiger partial charge < -0.3 is 5.73 Å². The van der Waals surface area contributed by atoms with Gasteiger partial charge in [0, 0.05) is 12.5 Å². The van der Waals surface area contributed by atoms with Crippen molar-refractivity contribution in [1.82, 2.24) is 0 Å². The van der Waals surface area contributed by atoms with Gasteiger partial charge in [0.1, 0.15) is 0 Å². The van der Waals surface area contributed by atoms with Crippen molar-refractivity contribution in [2.24, 2.45) is 5.73 Å². The Bertz CT molecular complexity index is 483. The van der Waals surface area contributed by atoms with Crippen LogP contribution in [0.4, 0.5) is 0 Å². The molecule has 1 aliphatic rings. The molecule has 0 aliphatic heterocycles. The van der Waals surface area contributed by atoms with Crippen LogP contribution < -0.4 is 5.73 Å². The second-order valence-electron chi connectivity index (χ2n) is 4.69. The number of nitrogens with two attached hydrogens (primary N) is 1. The maximum absolute atomic E-state index is 6.00. The fourth-order valence-electron chi connectivity index (χ4n) is 2.89. The van der Waals surface area contributed by atoms with Gasteiger partial charge in [-0.25, -0.2) is 0 Å². The Morgan fingerprint density at radius 3 is 1.76 bits per heavy atom. The van der Waals surface area contributed by atoms with Gasteiger partial charge in [0.25, 0.3) is 0 Å². The molecule has 2 N–H and O–H groups in total. The van der Waals surface area contributed by atoms with Crippen molar-refractivity contribution in [1.29, 1.82) is 0 Å². The van der Waals surface area contributed by atoms with Crippen LogP contribution in [-0.4, -0.2) is 6.54 Å². The fourth-order valence-corrected chi connectivity index (χ4v) is 2.89. The number of benzene rings is 2. The summed E-state index contributed by atoms with van der Waals surface area (Å²) in [7, 11) is 0. The predicted octanol–water partition coefficient (Wildman–Crippen LogP) is 2.88. The van der Waals surface area contributed by atoms with Gasteiger partial charge in [-0.1, -0.05) is 48.5 Å². The first kappa shape index (κ1) is 10.5. The van der Waals surface area contributed by atoms with Gasteiger partial charge in [0.05, 0.1) is 0 Å². The number of aryl methyl sites for hydroxylation is 2. The minimum absolute atomic E-state index is 0.366.